The molecule has 6 heteroatoms. The van der Waals surface area contributed by atoms with Crippen LogP contribution in [-0.2, 0) is 6.42 Å². The van der Waals surface area contributed by atoms with E-state index in [-0.39, 0.29) is 23.1 Å². The van der Waals surface area contributed by atoms with Crippen molar-refractivity contribution in [3.05, 3.63) is 29.2 Å². The van der Waals surface area contributed by atoms with Gasteiger partial charge in [-0.3, -0.25) is 9.59 Å². The minimum atomic E-state index is -0.110. The Labute approximate surface area is 153 Å². The predicted molar refractivity (Wildman–Crippen MR) is 98.4 cm³/mol. The highest BCUT2D eigenvalue weighted by molar-refractivity contribution is 6.01. The first-order valence-corrected chi connectivity index (χ1v) is 9.64. The van der Waals surface area contributed by atoms with Gasteiger partial charge in [0.2, 0.25) is 0 Å². The number of rotatable bonds is 2. The highest BCUT2D eigenvalue weighted by Gasteiger charge is 2.33. The van der Waals surface area contributed by atoms with E-state index in [1.54, 1.807) is 16.9 Å². The number of nitrogens with zero attached hydrogens (tertiary/aromatic N) is 3. The van der Waals surface area contributed by atoms with Gasteiger partial charge >= 0.3 is 0 Å². The van der Waals surface area contributed by atoms with Crippen molar-refractivity contribution in [2.75, 3.05) is 0 Å². The molecule has 4 rings (SSSR count). The van der Waals surface area contributed by atoms with E-state index in [0.717, 1.165) is 25.0 Å². The third-order valence-corrected chi connectivity index (χ3v) is 5.65. The molecule has 0 radical (unpaired) electrons. The molecule has 2 aromatic heterocycles. The summed E-state index contributed by atoms with van der Waals surface area (Å²) in [7, 11) is 0. The molecule has 138 valence electrons. The van der Waals surface area contributed by atoms with Gasteiger partial charge < -0.3 is 5.32 Å². The zero-order chi connectivity index (χ0) is 18.3. The molecule has 1 amide bonds. The number of fused-ring (bicyclic) bond motifs is 3. The van der Waals surface area contributed by atoms with Crippen LogP contribution >= 0.6 is 0 Å². The van der Waals surface area contributed by atoms with E-state index in [1.165, 1.54) is 25.7 Å². The van der Waals surface area contributed by atoms with E-state index in [1.807, 2.05) is 0 Å². The average molecular weight is 354 g/mol. The van der Waals surface area contributed by atoms with Crippen molar-refractivity contribution in [3.8, 4) is 0 Å². The summed E-state index contributed by atoms with van der Waals surface area (Å²) < 4.78 is 1.69. The Morgan fingerprint density at radius 2 is 1.88 bits per heavy atom. The fourth-order valence-corrected chi connectivity index (χ4v) is 4.27. The number of carbonyl (C=O) groups is 2. The van der Waals surface area contributed by atoms with Gasteiger partial charge in [0.05, 0.1) is 17.5 Å². The first kappa shape index (κ1) is 17.2. The molecule has 2 aliphatic rings. The first-order valence-electron chi connectivity index (χ1n) is 9.64. The van der Waals surface area contributed by atoms with Gasteiger partial charge in [-0.15, -0.1) is 0 Å². The molecule has 1 saturated carbocycles. The van der Waals surface area contributed by atoms with Crippen molar-refractivity contribution < 1.29 is 9.59 Å². The monoisotopic (exact) mass is 354 g/mol. The lowest BCUT2D eigenvalue weighted by molar-refractivity contribution is 0.0906. The van der Waals surface area contributed by atoms with Crippen LogP contribution in [0.2, 0.25) is 0 Å². The summed E-state index contributed by atoms with van der Waals surface area (Å²) in [4.78, 5) is 29.6. The molecule has 2 aromatic rings. The third kappa shape index (κ3) is 3.13. The Hall–Kier alpha value is -2.24. The van der Waals surface area contributed by atoms with Crippen LogP contribution in [0.1, 0.15) is 85.2 Å². The molecule has 2 heterocycles. The minimum absolute atomic E-state index is 0.102. The molecule has 0 unspecified atom stereocenters. The van der Waals surface area contributed by atoms with Crippen LogP contribution in [0.4, 0.5) is 0 Å². The predicted octanol–water partition coefficient (Wildman–Crippen LogP) is 3.34. The quantitative estimate of drug-likeness (QED) is 0.839. The Kier molecular flexibility index (Phi) is 4.29. The number of carbonyl (C=O) groups excluding carboxylic acids is 2. The van der Waals surface area contributed by atoms with Crippen molar-refractivity contribution in [1.29, 1.82) is 0 Å². The molecule has 6 nitrogen and oxygen atoms in total. The van der Waals surface area contributed by atoms with Crippen molar-refractivity contribution in [2.24, 2.45) is 5.41 Å². The number of aromatic nitrogens is 3. The molecule has 26 heavy (non-hydrogen) atoms. The fourth-order valence-electron chi connectivity index (χ4n) is 4.27. The largest absolute Gasteiger partial charge is 0.349 e. The van der Waals surface area contributed by atoms with Gasteiger partial charge in [-0.25, -0.2) is 9.50 Å². The molecule has 0 aliphatic heterocycles. The molecule has 0 saturated heterocycles. The van der Waals surface area contributed by atoms with Gasteiger partial charge in [0, 0.05) is 18.7 Å². The summed E-state index contributed by atoms with van der Waals surface area (Å²) in [5, 5.41) is 7.57. The lowest BCUT2D eigenvalue weighted by Gasteiger charge is -2.29. The SMILES string of the molecule is CC1(C)CC(=O)c2cnc3c(C(=O)NC4CCCCCC4)cnn3c2C1. The van der Waals surface area contributed by atoms with Gasteiger partial charge in [0.15, 0.2) is 11.4 Å². The van der Waals surface area contributed by atoms with Gasteiger partial charge in [-0.1, -0.05) is 39.5 Å². The van der Waals surface area contributed by atoms with Gasteiger partial charge in [0.1, 0.15) is 5.56 Å². The van der Waals surface area contributed by atoms with E-state index in [0.29, 0.717) is 23.2 Å². The Morgan fingerprint density at radius 3 is 2.62 bits per heavy atom. The van der Waals surface area contributed by atoms with Crippen LogP contribution in [0.5, 0.6) is 0 Å². The topological polar surface area (TPSA) is 76.4 Å². The molecule has 1 fully saturated rings. The molecule has 1 N–H and O–H groups in total. The van der Waals surface area contributed by atoms with Crippen molar-refractivity contribution >= 4 is 17.3 Å². The molecular weight excluding hydrogens is 328 g/mol. The Morgan fingerprint density at radius 1 is 1.15 bits per heavy atom. The third-order valence-electron chi connectivity index (χ3n) is 5.65. The number of amides is 1. The smallest absolute Gasteiger partial charge is 0.256 e. The second kappa shape index (κ2) is 6.49. The normalized spacial score (nSPS) is 20.6. The maximum absolute atomic E-state index is 12.8. The van der Waals surface area contributed by atoms with E-state index >= 15 is 0 Å². The van der Waals surface area contributed by atoms with Gasteiger partial charge in [-0.2, -0.15) is 5.10 Å². The summed E-state index contributed by atoms with van der Waals surface area (Å²) in [5.74, 6) is -0.00801. The Balaban J connectivity index is 1.65. The molecule has 0 spiro atoms. The summed E-state index contributed by atoms with van der Waals surface area (Å²) in [6, 6.07) is 0.234. The van der Waals surface area contributed by atoms with Crippen molar-refractivity contribution in [1.82, 2.24) is 19.9 Å². The highest BCUT2D eigenvalue weighted by atomic mass is 16.1. The van der Waals surface area contributed by atoms with Crippen LogP contribution < -0.4 is 5.32 Å². The molecule has 0 aromatic carbocycles. The number of ketones is 1. The number of hydrogen-bond acceptors (Lipinski definition) is 4. The molecule has 2 aliphatic carbocycles. The zero-order valence-electron chi connectivity index (χ0n) is 15.5. The maximum Gasteiger partial charge on any atom is 0.256 e. The second-order valence-corrected chi connectivity index (χ2v) is 8.52. The standard InChI is InChI=1S/C20H26N4O2/c1-20(2)9-16-14(17(25)10-20)11-21-18-15(12-22-24(16)18)19(26)23-13-7-5-3-4-6-8-13/h11-13H,3-10H2,1-2H3,(H,23,26). The summed E-state index contributed by atoms with van der Waals surface area (Å²) >= 11 is 0. The second-order valence-electron chi connectivity index (χ2n) is 8.52. The Bertz CT molecular complexity index is 860. The van der Waals surface area contributed by atoms with Crippen molar-refractivity contribution in [3.63, 3.8) is 0 Å². The number of Topliss-reactive ketones (excluding diaryl/α,β-unsaturated/α-hetero) is 1. The molecule has 0 atom stereocenters. The van der Waals surface area contributed by atoms with E-state index in [9.17, 15) is 9.59 Å². The van der Waals surface area contributed by atoms with Crippen molar-refractivity contribution in [2.45, 2.75) is 71.3 Å². The minimum Gasteiger partial charge on any atom is -0.349 e. The van der Waals surface area contributed by atoms with Crippen LogP contribution in [0, 0.1) is 5.41 Å². The van der Waals surface area contributed by atoms with E-state index in [4.69, 9.17) is 0 Å². The first-order chi connectivity index (χ1) is 12.4. The molecule has 0 bridgehead atoms. The summed E-state index contributed by atoms with van der Waals surface area (Å²) in [6.07, 6.45) is 11.4. The van der Waals surface area contributed by atoms with Gasteiger partial charge in [-0.05, 0) is 24.7 Å². The van der Waals surface area contributed by atoms with Crippen LogP contribution in [-0.4, -0.2) is 32.3 Å². The number of hydrogen-bond donors (Lipinski definition) is 1. The molecular formula is C20H26N4O2. The maximum atomic E-state index is 12.8. The lowest BCUT2D eigenvalue weighted by Crippen LogP contribution is -2.34. The van der Waals surface area contributed by atoms with E-state index < -0.39 is 0 Å². The fraction of sp³-hybridized carbons (Fsp3) is 0.600. The van der Waals surface area contributed by atoms with Gasteiger partial charge in [0.25, 0.3) is 5.91 Å². The highest BCUT2D eigenvalue weighted by Crippen LogP contribution is 2.34. The van der Waals surface area contributed by atoms with Crippen LogP contribution in [0.3, 0.4) is 0 Å². The van der Waals surface area contributed by atoms with Crippen LogP contribution in [0.15, 0.2) is 12.4 Å². The summed E-state index contributed by atoms with van der Waals surface area (Å²) in [5.41, 5.74) is 2.43. The van der Waals surface area contributed by atoms with Crippen LogP contribution in [0.25, 0.3) is 5.65 Å². The lowest BCUT2D eigenvalue weighted by atomic mass is 9.76. The zero-order valence-corrected chi connectivity index (χ0v) is 15.5. The summed E-state index contributed by atoms with van der Waals surface area (Å²) in [6.45, 7) is 4.17. The average Bonchev–Trinajstić information content (AvgIpc) is 2.85. The van der Waals surface area contributed by atoms with E-state index in [2.05, 4.69) is 29.2 Å². The number of nitrogens with one attached hydrogen (secondary N) is 1.